The molecule has 2 aromatic carbocycles. The van der Waals surface area contributed by atoms with Crippen LogP contribution in [0.2, 0.25) is 0 Å². The molecule has 2 aromatic rings. The van der Waals surface area contributed by atoms with Gasteiger partial charge in [0.05, 0.1) is 5.69 Å². The van der Waals surface area contributed by atoms with Crippen molar-refractivity contribution in [3.63, 3.8) is 0 Å². The quantitative estimate of drug-likeness (QED) is 0.325. The van der Waals surface area contributed by atoms with Crippen LogP contribution in [0.25, 0.3) is 0 Å². The minimum Gasteiger partial charge on any atom is -0.481 e. The van der Waals surface area contributed by atoms with Crippen LogP contribution in [0.5, 0.6) is 0 Å². The maximum absolute atomic E-state index is 12.1. The van der Waals surface area contributed by atoms with Crippen LogP contribution in [-0.2, 0) is 4.79 Å². The number of hydrogen-bond donors (Lipinski definition) is 2. The summed E-state index contributed by atoms with van der Waals surface area (Å²) in [5, 5.41) is 13.4. The van der Waals surface area contributed by atoms with Crippen molar-refractivity contribution >= 4 is 23.2 Å². The standard InChI is InChI=1S/C28H40N2O2/c1-16(2)21-12-10-13-22(17(3)4)25(21)29-27(20(9)28(31)32)30-26-23(18(5)6)14-11-15-24(26)19(7)8/h10-20H,1-9H3,(H,29,30)(H,31,32). The second-order valence-corrected chi connectivity index (χ2v) is 9.90. The summed E-state index contributed by atoms with van der Waals surface area (Å²) in [6.07, 6.45) is 0. The van der Waals surface area contributed by atoms with E-state index in [1.807, 2.05) is 0 Å². The first-order chi connectivity index (χ1) is 15.0. The molecule has 0 bridgehead atoms. The Morgan fingerprint density at radius 1 is 0.719 bits per heavy atom. The smallest absolute Gasteiger partial charge is 0.313 e. The van der Waals surface area contributed by atoms with Crippen molar-refractivity contribution in [1.82, 2.24) is 0 Å². The highest BCUT2D eigenvalue weighted by Crippen LogP contribution is 2.37. The van der Waals surface area contributed by atoms with Gasteiger partial charge in [0.25, 0.3) is 0 Å². The maximum Gasteiger partial charge on any atom is 0.313 e. The molecule has 1 unspecified atom stereocenters. The number of nitrogens with zero attached hydrogens (tertiary/aromatic N) is 1. The van der Waals surface area contributed by atoms with E-state index in [1.54, 1.807) is 6.92 Å². The first-order valence-corrected chi connectivity index (χ1v) is 11.8. The lowest BCUT2D eigenvalue weighted by Gasteiger charge is -2.24. The number of hydrogen-bond acceptors (Lipinski definition) is 2. The zero-order valence-electron chi connectivity index (χ0n) is 21.2. The normalized spacial score (nSPS) is 13.3. The van der Waals surface area contributed by atoms with E-state index in [4.69, 9.17) is 4.99 Å². The molecule has 0 aromatic heterocycles. The SMILES string of the molecule is CC(C(=O)O)C(=Nc1c(C(C)C)cccc1C(C)C)Nc1c(C(C)C)cccc1C(C)C. The number of nitrogens with one attached hydrogen (secondary N) is 1. The first kappa shape index (κ1) is 25.6. The molecule has 0 spiro atoms. The molecule has 0 saturated heterocycles. The minimum atomic E-state index is -0.891. The van der Waals surface area contributed by atoms with Crippen LogP contribution in [0.4, 0.5) is 11.4 Å². The number of carboxylic acid groups (broad SMARTS) is 1. The number of aliphatic imine (C=N–C) groups is 1. The molecule has 0 radical (unpaired) electrons. The van der Waals surface area contributed by atoms with Crippen molar-refractivity contribution in [2.75, 3.05) is 5.32 Å². The van der Waals surface area contributed by atoms with Gasteiger partial charge in [-0.15, -0.1) is 0 Å². The van der Waals surface area contributed by atoms with Gasteiger partial charge in [0, 0.05) is 5.69 Å². The predicted molar refractivity (Wildman–Crippen MR) is 137 cm³/mol. The number of carboxylic acids is 1. The van der Waals surface area contributed by atoms with Gasteiger partial charge in [-0.25, -0.2) is 4.99 Å². The van der Waals surface area contributed by atoms with Gasteiger partial charge in [0.15, 0.2) is 0 Å². The molecule has 0 aliphatic rings. The average Bonchev–Trinajstić information content (AvgIpc) is 2.71. The number of para-hydroxylation sites is 2. The number of benzene rings is 2. The summed E-state index contributed by atoms with van der Waals surface area (Å²) in [4.78, 5) is 17.1. The third-order valence-electron chi connectivity index (χ3n) is 5.98. The highest BCUT2D eigenvalue weighted by molar-refractivity contribution is 6.09. The third kappa shape index (κ3) is 5.79. The number of anilines is 1. The van der Waals surface area contributed by atoms with Gasteiger partial charge in [-0.1, -0.05) is 91.8 Å². The van der Waals surface area contributed by atoms with Crippen LogP contribution >= 0.6 is 0 Å². The van der Waals surface area contributed by atoms with Crippen molar-refractivity contribution in [3.05, 3.63) is 58.7 Å². The molecule has 1 atom stereocenters. The fourth-order valence-corrected chi connectivity index (χ4v) is 3.93. The molecule has 0 heterocycles. The topological polar surface area (TPSA) is 61.7 Å². The number of amidine groups is 1. The molecule has 4 nitrogen and oxygen atoms in total. The Balaban J connectivity index is 2.78. The summed E-state index contributed by atoms with van der Waals surface area (Å²) in [5.41, 5.74) is 6.48. The van der Waals surface area contributed by atoms with Gasteiger partial charge in [-0.05, 0) is 52.8 Å². The van der Waals surface area contributed by atoms with Crippen molar-refractivity contribution in [2.45, 2.75) is 86.0 Å². The van der Waals surface area contributed by atoms with E-state index in [2.05, 4.69) is 97.1 Å². The fraction of sp³-hybridized carbons (Fsp3) is 0.500. The second kappa shape index (κ2) is 10.8. The van der Waals surface area contributed by atoms with Crippen molar-refractivity contribution in [2.24, 2.45) is 10.9 Å². The van der Waals surface area contributed by atoms with Crippen LogP contribution < -0.4 is 5.32 Å². The van der Waals surface area contributed by atoms with Crippen LogP contribution in [0.15, 0.2) is 41.4 Å². The highest BCUT2D eigenvalue weighted by Gasteiger charge is 2.24. The summed E-state index contributed by atoms with van der Waals surface area (Å²) >= 11 is 0. The minimum absolute atomic E-state index is 0.281. The molecule has 2 N–H and O–H groups in total. The van der Waals surface area contributed by atoms with Gasteiger partial charge in [-0.2, -0.15) is 0 Å². The van der Waals surface area contributed by atoms with Crippen LogP contribution in [0, 0.1) is 5.92 Å². The Hall–Kier alpha value is -2.62. The van der Waals surface area contributed by atoms with E-state index >= 15 is 0 Å². The molecule has 0 aliphatic carbocycles. The van der Waals surface area contributed by atoms with E-state index in [9.17, 15) is 9.90 Å². The first-order valence-electron chi connectivity index (χ1n) is 11.8. The van der Waals surface area contributed by atoms with Crippen molar-refractivity contribution in [3.8, 4) is 0 Å². The Labute approximate surface area is 194 Å². The Kier molecular flexibility index (Phi) is 8.65. The average molecular weight is 437 g/mol. The molecule has 174 valence electrons. The second-order valence-electron chi connectivity index (χ2n) is 9.90. The van der Waals surface area contributed by atoms with Crippen molar-refractivity contribution < 1.29 is 9.90 Å². The fourth-order valence-electron chi connectivity index (χ4n) is 3.93. The monoisotopic (exact) mass is 436 g/mol. The molecule has 0 fully saturated rings. The molecule has 32 heavy (non-hydrogen) atoms. The molecule has 0 aliphatic heterocycles. The van der Waals surface area contributed by atoms with Crippen LogP contribution in [0.1, 0.15) is 108 Å². The Morgan fingerprint density at radius 2 is 1.09 bits per heavy atom. The third-order valence-corrected chi connectivity index (χ3v) is 5.98. The molecular formula is C28H40N2O2. The van der Waals surface area contributed by atoms with E-state index in [0.29, 0.717) is 17.7 Å². The summed E-state index contributed by atoms with van der Waals surface area (Å²) in [7, 11) is 0. The van der Waals surface area contributed by atoms with Gasteiger partial charge in [0.1, 0.15) is 11.8 Å². The van der Waals surface area contributed by atoms with Crippen molar-refractivity contribution in [1.29, 1.82) is 0 Å². The number of carbonyl (C=O) groups is 1. The zero-order valence-corrected chi connectivity index (χ0v) is 21.2. The molecular weight excluding hydrogens is 396 g/mol. The van der Waals surface area contributed by atoms with Gasteiger partial charge >= 0.3 is 5.97 Å². The van der Waals surface area contributed by atoms with Crippen LogP contribution in [0.3, 0.4) is 0 Å². The molecule has 0 amide bonds. The van der Waals surface area contributed by atoms with Gasteiger partial charge in [0.2, 0.25) is 0 Å². The Bertz CT molecular complexity index is 919. The zero-order chi connectivity index (χ0) is 24.2. The summed E-state index contributed by atoms with van der Waals surface area (Å²) in [5.74, 6) is -0.0278. The van der Waals surface area contributed by atoms with E-state index in [0.717, 1.165) is 22.5 Å². The summed E-state index contributed by atoms with van der Waals surface area (Å²) in [6.45, 7) is 18.9. The maximum atomic E-state index is 12.1. The number of rotatable bonds is 8. The molecule has 4 heteroatoms. The Morgan fingerprint density at radius 3 is 1.44 bits per heavy atom. The van der Waals surface area contributed by atoms with Gasteiger partial charge < -0.3 is 10.4 Å². The van der Waals surface area contributed by atoms with E-state index in [-0.39, 0.29) is 11.8 Å². The largest absolute Gasteiger partial charge is 0.481 e. The van der Waals surface area contributed by atoms with Crippen LogP contribution in [-0.4, -0.2) is 16.9 Å². The molecule has 0 saturated carbocycles. The summed E-state index contributed by atoms with van der Waals surface area (Å²) < 4.78 is 0. The number of aliphatic carboxylic acids is 1. The van der Waals surface area contributed by atoms with E-state index in [1.165, 1.54) is 11.1 Å². The lowest BCUT2D eigenvalue weighted by atomic mass is 9.92. The lowest BCUT2D eigenvalue weighted by Crippen LogP contribution is -2.28. The van der Waals surface area contributed by atoms with Gasteiger partial charge in [-0.3, -0.25) is 4.79 Å². The predicted octanol–water partition coefficient (Wildman–Crippen LogP) is 8.04. The highest BCUT2D eigenvalue weighted by atomic mass is 16.4. The van der Waals surface area contributed by atoms with E-state index < -0.39 is 11.9 Å². The summed E-state index contributed by atoms with van der Waals surface area (Å²) in [6, 6.07) is 12.6. The molecule has 2 rings (SSSR count). The lowest BCUT2D eigenvalue weighted by molar-refractivity contribution is -0.138.